The number of hydrogen-bond donors (Lipinski definition) is 0. The zero-order valence-electron chi connectivity index (χ0n) is 14.3. The molecule has 0 fully saturated rings. The van der Waals surface area contributed by atoms with Crippen LogP contribution in [0.1, 0.15) is 23.3 Å². The number of hydrogen-bond acceptors (Lipinski definition) is 3. The van der Waals surface area contributed by atoms with Crippen molar-refractivity contribution in [3.63, 3.8) is 0 Å². The van der Waals surface area contributed by atoms with Crippen LogP contribution in [0.25, 0.3) is 10.9 Å². The van der Waals surface area contributed by atoms with Gasteiger partial charge in [-0.2, -0.15) is 0 Å². The molecule has 1 aliphatic rings. The Morgan fingerprint density at radius 1 is 1.24 bits per heavy atom. The van der Waals surface area contributed by atoms with Crippen LogP contribution in [0.5, 0.6) is 0 Å². The van der Waals surface area contributed by atoms with Gasteiger partial charge in [0.15, 0.2) is 0 Å². The van der Waals surface area contributed by atoms with Crippen molar-refractivity contribution in [3.8, 4) is 0 Å². The highest BCUT2D eigenvalue weighted by Crippen LogP contribution is 2.26. The quantitative estimate of drug-likeness (QED) is 0.645. The minimum atomic E-state index is 0.103. The minimum Gasteiger partial charge on any atom is -0.468 e. The van der Waals surface area contributed by atoms with Gasteiger partial charge in [0.1, 0.15) is 5.76 Å². The first kappa shape index (κ1) is 15.9. The van der Waals surface area contributed by atoms with Crippen LogP contribution < -0.4 is 5.56 Å². The fraction of sp³-hybridized carbons (Fsp3) is 0.286. The summed E-state index contributed by atoms with van der Waals surface area (Å²) in [6.45, 7) is 6.81. The van der Waals surface area contributed by atoms with E-state index in [0.717, 1.165) is 42.8 Å². The summed E-state index contributed by atoms with van der Waals surface area (Å²) in [5.41, 5.74) is 3.58. The summed E-state index contributed by atoms with van der Waals surface area (Å²) in [5.74, 6) is 0.918. The van der Waals surface area contributed by atoms with Crippen LogP contribution in [0.2, 0.25) is 0 Å². The van der Waals surface area contributed by atoms with Crippen molar-refractivity contribution >= 4 is 10.9 Å². The molecule has 0 saturated carbocycles. The van der Waals surface area contributed by atoms with Crippen molar-refractivity contribution in [2.45, 2.75) is 32.5 Å². The van der Waals surface area contributed by atoms with E-state index in [1.807, 2.05) is 22.8 Å². The summed E-state index contributed by atoms with van der Waals surface area (Å²) in [6, 6.07) is 12.1. The molecule has 3 heterocycles. The van der Waals surface area contributed by atoms with Crippen LogP contribution in [-0.4, -0.2) is 16.0 Å². The lowest BCUT2D eigenvalue weighted by Crippen LogP contribution is -2.28. The van der Waals surface area contributed by atoms with Gasteiger partial charge in [-0.05, 0) is 36.1 Å². The molecule has 1 aliphatic heterocycles. The van der Waals surface area contributed by atoms with Crippen LogP contribution in [0.3, 0.4) is 0 Å². The number of rotatable bonds is 6. The van der Waals surface area contributed by atoms with Gasteiger partial charge in [0.25, 0.3) is 5.56 Å². The zero-order valence-corrected chi connectivity index (χ0v) is 14.3. The Morgan fingerprint density at radius 2 is 2.16 bits per heavy atom. The second-order valence-electron chi connectivity index (χ2n) is 6.61. The second-order valence-corrected chi connectivity index (χ2v) is 6.61. The second kappa shape index (κ2) is 6.73. The van der Waals surface area contributed by atoms with Gasteiger partial charge in [-0.3, -0.25) is 9.69 Å². The van der Waals surface area contributed by atoms with Gasteiger partial charge in [-0.15, -0.1) is 6.58 Å². The van der Waals surface area contributed by atoms with E-state index in [9.17, 15) is 4.79 Å². The van der Waals surface area contributed by atoms with E-state index in [0.29, 0.717) is 13.1 Å². The highest BCUT2D eigenvalue weighted by Gasteiger charge is 2.17. The molecule has 25 heavy (non-hydrogen) atoms. The summed E-state index contributed by atoms with van der Waals surface area (Å²) < 4.78 is 7.41. The van der Waals surface area contributed by atoms with E-state index in [4.69, 9.17) is 4.42 Å². The van der Waals surface area contributed by atoms with E-state index in [1.54, 1.807) is 12.3 Å². The van der Waals surface area contributed by atoms with Crippen LogP contribution in [0.15, 0.2) is 64.5 Å². The molecule has 0 bridgehead atoms. The molecule has 0 unspecified atom stereocenters. The third-order valence-corrected chi connectivity index (χ3v) is 4.87. The van der Waals surface area contributed by atoms with Crippen molar-refractivity contribution in [2.24, 2.45) is 0 Å². The number of para-hydroxylation sites is 1. The van der Waals surface area contributed by atoms with Gasteiger partial charge < -0.3 is 8.98 Å². The van der Waals surface area contributed by atoms with Crippen molar-refractivity contribution in [3.05, 3.63) is 82.6 Å². The largest absolute Gasteiger partial charge is 0.468 e. The van der Waals surface area contributed by atoms with Crippen LogP contribution in [0.4, 0.5) is 0 Å². The minimum absolute atomic E-state index is 0.103. The smallest absolute Gasteiger partial charge is 0.251 e. The predicted octanol–water partition coefficient (Wildman–Crippen LogP) is 3.73. The molecule has 0 radical (unpaired) electrons. The van der Waals surface area contributed by atoms with Gasteiger partial charge in [-0.25, -0.2) is 0 Å². The highest BCUT2D eigenvalue weighted by atomic mass is 16.3. The molecule has 3 aromatic rings. The molecule has 0 spiro atoms. The van der Waals surface area contributed by atoms with Crippen LogP contribution in [0, 0.1) is 0 Å². The molecular formula is C21H22N2O2. The molecule has 4 rings (SSSR count). The maximum absolute atomic E-state index is 12.6. The summed E-state index contributed by atoms with van der Waals surface area (Å²) in [7, 11) is 0. The third-order valence-electron chi connectivity index (χ3n) is 4.87. The summed E-state index contributed by atoms with van der Waals surface area (Å²) in [4.78, 5) is 14.9. The summed E-state index contributed by atoms with van der Waals surface area (Å²) >= 11 is 0. The lowest BCUT2D eigenvalue weighted by atomic mass is 9.98. The normalized spacial score (nSPS) is 13.5. The molecule has 4 nitrogen and oxygen atoms in total. The van der Waals surface area contributed by atoms with E-state index < -0.39 is 0 Å². The lowest BCUT2D eigenvalue weighted by Gasteiger charge is -2.24. The Kier molecular flexibility index (Phi) is 4.28. The van der Waals surface area contributed by atoms with Crippen molar-refractivity contribution in [2.75, 3.05) is 6.54 Å². The van der Waals surface area contributed by atoms with Gasteiger partial charge in [0, 0.05) is 31.1 Å². The third kappa shape index (κ3) is 3.05. The number of aromatic nitrogens is 1. The maximum atomic E-state index is 12.6. The Bertz CT molecular complexity index is 954. The first-order valence-corrected chi connectivity index (χ1v) is 8.76. The molecule has 0 aliphatic carbocycles. The Hall–Kier alpha value is -2.59. The Balaban J connectivity index is 1.74. The summed E-state index contributed by atoms with van der Waals surface area (Å²) in [6.07, 6.45) is 5.66. The fourth-order valence-corrected chi connectivity index (χ4v) is 3.80. The predicted molar refractivity (Wildman–Crippen MR) is 99.5 cm³/mol. The molecule has 1 aromatic carbocycles. The molecular weight excluding hydrogens is 312 g/mol. The van der Waals surface area contributed by atoms with E-state index in [1.165, 1.54) is 10.9 Å². The van der Waals surface area contributed by atoms with Crippen molar-refractivity contribution in [1.82, 2.24) is 9.47 Å². The topological polar surface area (TPSA) is 38.4 Å². The SMILES string of the molecule is C=CCN(Cc1ccco1)Cc1cc(=O)n2c3c(cccc13)CCC2. The van der Waals surface area contributed by atoms with E-state index >= 15 is 0 Å². The average Bonchev–Trinajstić information content (AvgIpc) is 3.12. The first-order valence-electron chi connectivity index (χ1n) is 8.76. The Morgan fingerprint density at radius 3 is 2.96 bits per heavy atom. The van der Waals surface area contributed by atoms with Gasteiger partial charge in [-0.1, -0.05) is 24.3 Å². The maximum Gasteiger partial charge on any atom is 0.251 e. The van der Waals surface area contributed by atoms with E-state index in [-0.39, 0.29) is 5.56 Å². The van der Waals surface area contributed by atoms with Crippen molar-refractivity contribution in [1.29, 1.82) is 0 Å². The van der Waals surface area contributed by atoms with Gasteiger partial charge in [0.2, 0.25) is 0 Å². The van der Waals surface area contributed by atoms with E-state index in [2.05, 4.69) is 29.7 Å². The number of furan rings is 1. The lowest BCUT2D eigenvalue weighted by molar-refractivity contribution is 0.261. The number of nitrogens with zero attached hydrogens (tertiary/aromatic N) is 2. The molecule has 0 amide bonds. The van der Waals surface area contributed by atoms with Crippen LogP contribution in [-0.2, 0) is 26.1 Å². The highest BCUT2D eigenvalue weighted by molar-refractivity contribution is 5.86. The molecule has 0 N–H and O–H groups in total. The van der Waals surface area contributed by atoms with Gasteiger partial charge >= 0.3 is 0 Å². The van der Waals surface area contributed by atoms with Crippen molar-refractivity contribution < 1.29 is 4.42 Å². The number of aryl methyl sites for hydroxylation is 2. The number of benzene rings is 1. The Labute approximate surface area is 147 Å². The molecule has 0 saturated heterocycles. The molecule has 0 atom stereocenters. The fourth-order valence-electron chi connectivity index (χ4n) is 3.80. The molecule has 128 valence electrons. The zero-order chi connectivity index (χ0) is 17.2. The molecule has 2 aromatic heterocycles. The first-order chi connectivity index (χ1) is 12.3. The average molecular weight is 334 g/mol. The van der Waals surface area contributed by atoms with Crippen LogP contribution >= 0.6 is 0 Å². The standard InChI is InChI=1S/C21H22N2O2/c1-2-10-22(15-18-8-5-12-25-18)14-17-13-20(24)23-11-4-7-16-6-3-9-19(17)21(16)23/h2-3,5-6,8-9,12-13H,1,4,7,10-11,14-15H2. The monoisotopic (exact) mass is 334 g/mol. The summed E-state index contributed by atoms with van der Waals surface area (Å²) in [5, 5.41) is 1.19. The number of pyridine rings is 1. The van der Waals surface area contributed by atoms with Gasteiger partial charge in [0.05, 0.1) is 18.3 Å². The molecule has 4 heteroatoms.